The van der Waals surface area contributed by atoms with Gasteiger partial charge in [-0.05, 0) is 48.0 Å². The van der Waals surface area contributed by atoms with Crippen molar-refractivity contribution in [2.45, 2.75) is 4.90 Å². The first-order valence-corrected chi connectivity index (χ1v) is 10.1. The third kappa shape index (κ3) is 3.87. The lowest BCUT2D eigenvalue weighted by Gasteiger charge is -2.13. The third-order valence-corrected chi connectivity index (χ3v) is 5.79. The Kier molecular flexibility index (Phi) is 4.97. The molecule has 1 heterocycles. The Morgan fingerprint density at radius 2 is 1.61 bits per heavy atom. The van der Waals surface area contributed by atoms with E-state index in [1.165, 1.54) is 24.4 Å². The second-order valence-electron chi connectivity index (χ2n) is 6.47. The second kappa shape index (κ2) is 7.51. The van der Waals surface area contributed by atoms with Crippen molar-refractivity contribution in [3.8, 4) is 11.1 Å². The minimum absolute atomic E-state index is 0.0336. The Balaban J connectivity index is 1.77. The maximum atomic E-state index is 15.1. The molecule has 0 amide bonds. The van der Waals surface area contributed by atoms with Gasteiger partial charge < -0.3 is 5.73 Å². The molecule has 6 nitrogen and oxygen atoms in total. The molecule has 0 atom stereocenters. The zero-order valence-electron chi connectivity index (χ0n) is 15.4. The van der Waals surface area contributed by atoms with Crippen molar-refractivity contribution in [2.24, 2.45) is 0 Å². The summed E-state index contributed by atoms with van der Waals surface area (Å²) in [5.74, 6) is -4.73. The van der Waals surface area contributed by atoms with Crippen LogP contribution in [0.2, 0.25) is 0 Å². The van der Waals surface area contributed by atoms with Crippen LogP contribution in [0.15, 0.2) is 59.6 Å². The summed E-state index contributed by atoms with van der Waals surface area (Å²) in [4.78, 5) is 7.20. The molecule has 0 spiro atoms. The van der Waals surface area contributed by atoms with E-state index < -0.39 is 49.4 Å². The van der Waals surface area contributed by atoms with E-state index in [9.17, 15) is 21.6 Å². The van der Waals surface area contributed by atoms with E-state index in [0.717, 1.165) is 18.2 Å². The lowest BCUT2D eigenvalue weighted by atomic mass is 10.0. The number of sulfonamides is 1. The second-order valence-corrected chi connectivity index (χ2v) is 8.15. The van der Waals surface area contributed by atoms with Gasteiger partial charge in [0.05, 0.1) is 21.7 Å². The molecule has 4 rings (SSSR count). The Morgan fingerprint density at radius 1 is 0.871 bits per heavy atom. The van der Waals surface area contributed by atoms with Crippen LogP contribution in [0.5, 0.6) is 0 Å². The van der Waals surface area contributed by atoms with Crippen molar-refractivity contribution in [2.75, 3.05) is 10.5 Å². The Labute approximate surface area is 173 Å². The van der Waals surface area contributed by atoms with E-state index in [4.69, 9.17) is 5.73 Å². The highest BCUT2D eigenvalue weighted by atomic mass is 32.2. The number of nitrogens with two attached hydrogens (primary N) is 1. The number of rotatable bonds is 4. The molecule has 0 bridgehead atoms. The maximum Gasteiger partial charge on any atom is 0.262 e. The molecule has 1 aromatic heterocycles. The lowest BCUT2D eigenvalue weighted by molar-refractivity contribution is 0.504. The summed E-state index contributed by atoms with van der Waals surface area (Å²) in [5.41, 5.74) is 5.00. The molecule has 4 aromatic rings. The maximum absolute atomic E-state index is 15.1. The lowest BCUT2D eigenvalue weighted by Crippen LogP contribution is -2.15. The first-order valence-electron chi connectivity index (χ1n) is 8.64. The third-order valence-electron chi connectivity index (χ3n) is 4.42. The van der Waals surface area contributed by atoms with Crippen LogP contribution < -0.4 is 10.5 Å². The number of fused-ring (bicyclic) bond motifs is 1. The van der Waals surface area contributed by atoms with E-state index in [1.54, 1.807) is 0 Å². The zero-order valence-corrected chi connectivity index (χ0v) is 16.2. The van der Waals surface area contributed by atoms with Crippen LogP contribution in [0, 0.1) is 23.3 Å². The summed E-state index contributed by atoms with van der Waals surface area (Å²) in [6.07, 6.45) is 1.38. The van der Waals surface area contributed by atoms with Crippen LogP contribution in [0.1, 0.15) is 0 Å². The molecule has 3 N–H and O–H groups in total. The summed E-state index contributed by atoms with van der Waals surface area (Å²) in [7, 11) is -4.48. The van der Waals surface area contributed by atoms with Crippen molar-refractivity contribution < 1.29 is 26.0 Å². The summed E-state index contributed by atoms with van der Waals surface area (Å²) in [6.45, 7) is 0. The van der Waals surface area contributed by atoms with E-state index in [1.807, 2.05) is 4.72 Å². The monoisotopic (exact) mass is 448 g/mol. The van der Waals surface area contributed by atoms with Crippen LogP contribution in [0.4, 0.5) is 29.2 Å². The first-order chi connectivity index (χ1) is 14.7. The zero-order chi connectivity index (χ0) is 22.3. The van der Waals surface area contributed by atoms with Gasteiger partial charge in [0.15, 0.2) is 17.5 Å². The van der Waals surface area contributed by atoms with Crippen molar-refractivity contribution >= 4 is 32.6 Å². The van der Waals surface area contributed by atoms with Crippen molar-refractivity contribution in [3.63, 3.8) is 0 Å². The molecule has 0 unspecified atom stereocenters. The van der Waals surface area contributed by atoms with Gasteiger partial charge >= 0.3 is 0 Å². The molecule has 3 aromatic carbocycles. The molecular formula is C20H12F4N4O2S. The Bertz CT molecular complexity index is 1450. The molecule has 158 valence electrons. The minimum Gasteiger partial charge on any atom is -0.368 e. The SMILES string of the molecule is Nc1ncc2cc(-c3c(F)ccc(NS(=O)(=O)c4ccc(F)c(F)c4)c3F)ccc2n1. The van der Waals surface area contributed by atoms with Crippen LogP contribution in [0.3, 0.4) is 0 Å². The van der Waals surface area contributed by atoms with Gasteiger partial charge in [0, 0.05) is 11.6 Å². The number of benzene rings is 3. The highest BCUT2D eigenvalue weighted by Crippen LogP contribution is 2.33. The van der Waals surface area contributed by atoms with Crippen LogP contribution in [-0.4, -0.2) is 18.4 Å². The number of hydrogen-bond donors (Lipinski definition) is 2. The number of aromatic nitrogens is 2. The fourth-order valence-electron chi connectivity index (χ4n) is 2.95. The number of nitrogen functional groups attached to an aromatic ring is 1. The average molecular weight is 448 g/mol. The summed E-state index contributed by atoms with van der Waals surface area (Å²) in [5, 5.41) is 0.457. The van der Waals surface area contributed by atoms with Gasteiger partial charge in [0.25, 0.3) is 10.0 Å². The topological polar surface area (TPSA) is 98.0 Å². The van der Waals surface area contributed by atoms with Crippen LogP contribution >= 0.6 is 0 Å². The standard InChI is InChI=1S/C20H12F4N4O2S/c21-13-3-2-12(8-15(13)23)31(29,30)28-17-6-4-14(22)18(19(17)24)10-1-5-16-11(7-10)9-26-20(25)27-16/h1-9,28H,(H2,25,26,27). The fourth-order valence-corrected chi connectivity index (χ4v) is 4.02. The van der Waals surface area contributed by atoms with E-state index in [2.05, 4.69) is 9.97 Å². The van der Waals surface area contributed by atoms with Crippen molar-refractivity contribution in [3.05, 3.63) is 78.0 Å². The van der Waals surface area contributed by atoms with Crippen LogP contribution in [0.25, 0.3) is 22.0 Å². The van der Waals surface area contributed by atoms with Gasteiger partial charge in [0.2, 0.25) is 5.95 Å². The number of nitrogens with one attached hydrogen (secondary N) is 1. The smallest absolute Gasteiger partial charge is 0.262 e. The van der Waals surface area contributed by atoms with E-state index in [0.29, 0.717) is 23.0 Å². The van der Waals surface area contributed by atoms with Crippen molar-refractivity contribution in [1.29, 1.82) is 0 Å². The molecule has 0 aliphatic heterocycles. The number of nitrogens with zero attached hydrogens (tertiary/aromatic N) is 2. The predicted molar refractivity (Wildman–Crippen MR) is 106 cm³/mol. The van der Waals surface area contributed by atoms with E-state index >= 15 is 4.39 Å². The molecule has 11 heteroatoms. The molecule has 0 aliphatic rings. The summed E-state index contributed by atoms with van der Waals surface area (Å²) in [6, 6.07) is 7.96. The molecular weight excluding hydrogens is 436 g/mol. The molecule has 0 radical (unpaired) electrons. The van der Waals surface area contributed by atoms with Gasteiger partial charge in [-0.25, -0.2) is 35.9 Å². The van der Waals surface area contributed by atoms with Gasteiger partial charge in [-0.15, -0.1) is 0 Å². The summed E-state index contributed by atoms with van der Waals surface area (Å²) < 4.78 is 83.0. The Hall–Kier alpha value is -3.73. The molecule has 0 saturated heterocycles. The highest BCUT2D eigenvalue weighted by molar-refractivity contribution is 7.92. The first kappa shape index (κ1) is 20.5. The molecule has 0 fully saturated rings. The quantitative estimate of drug-likeness (QED) is 0.455. The Morgan fingerprint density at radius 3 is 2.35 bits per heavy atom. The van der Waals surface area contributed by atoms with E-state index in [-0.39, 0.29) is 11.5 Å². The van der Waals surface area contributed by atoms with Crippen molar-refractivity contribution in [1.82, 2.24) is 9.97 Å². The number of hydrogen-bond acceptors (Lipinski definition) is 5. The summed E-state index contributed by atoms with van der Waals surface area (Å²) >= 11 is 0. The largest absolute Gasteiger partial charge is 0.368 e. The highest BCUT2D eigenvalue weighted by Gasteiger charge is 2.22. The fraction of sp³-hybridized carbons (Fsp3) is 0. The van der Waals surface area contributed by atoms with Gasteiger partial charge in [-0.3, -0.25) is 4.72 Å². The average Bonchev–Trinajstić information content (AvgIpc) is 2.72. The normalized spacial score (nSPS) is 11.6. The number of anilines is 2. The molecule has 31 heavy (non-hydrogen) atoms. The predicted octanol–water partition coefficient (Wildman–Crippen LogP) is 4.24. The van der Waals surface area contributed by atoms with Crippen LogP contribution in [-0.2, 0) is 10.0 Å². The van der Waals surface area contributed by atoms with Gasteiger partial charge in [0.1, 0.15) is 5.82 Å². The van der Waals surface area contributed by atoms with Gasteiger partial charge in [-0.1, -0.05) is 6.07 Å². The molecule has 0 aliphatic carbocycles. The van der Waals surface area contributed by atoms with Gasteiger partial charge in [-0.2, -0.15) is 0 Å². The molecule has 0 saturated carbocycles. The minimum atomic E-state index is -4.48. The number of halogens is 4.